The van der Waals surface area contributed by atoms with Crippen LogP contribution in [0.25, 0.3) is 0 Å². The van der Waals surface area contributed by atoms with Crippen LogP contribution in [0, 0.1) is 0 Å². The van der Waals surface area contributed by atoms with Crippen LogP contribution in [0.3, 0.4) is 0 Å². The lowest BCUT2D eigenvalue weighted by Crippen LogP contribution is -2.04. The van der Waals surface area contributed by atoms with Crippen molar-refractivity contribution in [2.75, 3.05) is 0 Å². The average molecular weight is 400 g/mol. The lowest BCUT2D eigenvalue weighted by molar-refractivity contribution is -0.137. The van der Waals surface area contributed by atoms with E-state index in [0.717, 1.165) is 17.7 Å². The SMILES string of the molecule is FC(F)(F)c1ccc(CSc2n[nH]c(COc3ccc(Cl)cc3)n2)cc1. The molecule has 1 heterocycles. The summed E-state index contributed by atoms with van der Waals surface area (Å²) >= 11 is 7.13. The third-order valence-corrected chi connectivity index (χ3v) is 4.52. The summed E-state index contributed by atoms with van der Waals surface area (Å²) < 4.78 is 43.2. The minimum absolute atomic E-state index is 0.218. The molecule has 0 radical (unpaired) electrons. The fourth-order valence-corrected chi connectivity index (χ4v) is 2.93. The van der Waals surface area contributed by atoms with Gasteiger partial charge in [-0.3, -0.25) is 5.10 Å². The molecule has 3 aromatic rings. The maximum atomic E-state index is 12.5. The third kappa shape index (κ3) is 5.15. The first-order valence-corrected chi connectivity index (χ1v) is 8.85. The molecule has 9 heteroatoms. The Labute approximate surface area is 156 Å². The monoisotopic (exact) mass is 399 g/mol. The Hall–Kier alpha value is -2.19. The van der Waals surface area contributed by atoms with E-state index in [1.54, 1.807) is 24.3 Å². The first-order chi connectivity index (χ1) is 12.4. The van der Waals surface area contributed by atoms with E-state index < -0.39 is 11.7 Å². The standard InChI is InChI=1S/C17H13ClF3N3OS/c18-13-5-7-14(8-6-13)25-9-15-22-16(24-23-15)26-10-11-1-3-12(4-2-11)17(19,20)21/h1-8H,9-10H2,(H,22,23,24). The zero-order valence-electron chi connectivity index (χ0n) is 13.3. The number of nitrogens with one attached hydrogen (secondary N) is 1. The summed E-state index contributed by atoms with van der Waals surface area (Å²) in [6.07, 6.45) is -4.32. The molecule has 1 N–H and O–H groups in total. The maximum absolute atomic E-state index is 12.5. The molecule has 4 nitrogen and oxygen atoms in total. The number of hydrogen-bond acceptors (Lipinski definition) is 4. The summed E-state index contributed by atoms with van der Waals surface area (Å²) in [4.78, 5) is 4.28. The van der Waals surface area contributed by atoms with Gasteiger partial charge in [-0.2, -0.15) is 13.2 Å². The van der Waals surface area contributed by atoms with E-state index in [9.17, 15) is 13.2 Å². The first-order valence-electron chi connectivity index (χ1n) is 7.49. The second kappa shape index (κ2) is 8.01. The molecule has 0 aliphatic carbocycles. The molecule has 0 aliphatic heterocycles. The van der Waals surface area contributed by atoms with E-state index in [0.29, 0.717) is 27.5 Å². The van der Waals surface area contributed by atoms with Crippen molar-refractivity contribution in [2.24, 2.45) is 0 Å². The van der Waals surface area contributed by atoms with Crippen molar-refractivity contribution in [1.82, 2.24) is 15.2 Å². The van der Waals surface area contributed by atoms with Gasteiger partial charge in [0.25, 0.3) is 0 Å². The average Bonchev–Trinajstić information content (AvgIpc) is 3.07. The lowest BCUT2D eigenvalue weighted by Gasteiger charge is -2.06. The summed E-state index contributed by atoms with van der Waals surface area (Å²) in [5, 5.41) is 7.95. The highest BCUT2D eigenvalue weighted by Crippen LogP contribution is 2.30. The van der Waals surface area contributed by atoms with Crippen molar-refractivity contribution >= 4 is 23.4 Å². The van der Waals surface area contributed by atoms with Gasteiger partial charge in [-0.25, -0.2) is 4.98 Å². The van der Waals surface area contributed by atoms with E-state index in [2.05, 4.69) is 15.2 Å². The fourth-order valence-electron chi connectivity index (χ4n) is 2.03. The Morgan fingerprint density at radius 1 is 1.04 bits per heavy atom. The number of nitrogens with zero attached hydrogens (tertiary/aromatic N) is 2. The minimum Gasteiger partial charge on any atom is -0.486 e. The highest BCUT2D eigenvalue weighted by molar-refractivity contribution is 7.98. The van der Waals surface area contributed by atoms with E-state index >= 15 is 0 Å². The van der Waals surface area contributed by atoms with Gasteiger partial charge in [-0.1, -0.05) is 35.5 Å². The molecular weight excluding hydrogens is 387 g/mol. The lowest BCUT2D eigenvalue weighted by atomic mass is 10.1. The number of H-pyrrole nitrogens is 1. The van der Waals surface area contributed by atoms with Crippen molar-refractivity contribution < 1.29 is 17.9 Å². The smallest absolute Gasteiger partial charge is 0.416 e. The summed E-state index contributed by atoms with van der Waals surface area (Å²) in [6.45, 7) is 0.218. The largest absolute Gasteiger partial charge is 0.486 e. The summed E-state index contributed by atoms with van der Waals surface area (Å²) in [7, 11) is 0. The molecule has 1 aromatic heterocycles. The highest BCUT2D eigenvalue weighted by Gasteiger charge is 2.29. The van der Waals surface area contributed by atoms with Crippen LogP contribution >= 0.6 is 23.4 Å². The molecule has 0 saturated heterocycles. The van der Waals surface area contributed by atoms with Crippen molar-refractivity contribution in [3.63, 3.8) is 0 Å². The molecule has 0 atom stereocenters. The number of hydrogen-bond donors (Lipinski definition) is 1. The first kappa shape index (κ1) is 18.6. The van der Waals surface area contributed by atoms with E-state index in [-0.39, 0.29) is 6.61 Å². The molecular formula is C17H13ClF3N3OS. The molecule has 0 bridgehead atoms. The number of ether oxygens (including phenoxy) is 1. The van der Waals surface area contributed by atoms with Crippen LogP contribution in [0.5, 0.6) is 5.75 Å². The number of halogens is 4. The van der Waals surface area contributed by atoms with Crippen molar-refractivity contribution in [3.05, 3.63) is 70.5 Å². The zero-order chi connectivity index (χ0) is 18.6. The second-order valence-electron chi connectivity index (χ2n) is 5.29. The Balaban J connectivity index is 1.51. The number of aromatic nitrogens is 3. The Morgan fingerprint density at radius 2 is 1.73 bits per heavy atom. The fraction of sp³-hybridized carbons (Fsp3) is 0.176. The molecule has 0 fully saturated rings. The predicted octanol–water partition coefficient (Wildman–Crippen LogP) is 5.35. The molecule has 3 rings (SSSR count). The van der Waals surface area contributed by atoms with Crippen molar-refractivity contribution in [3.8, 4) is 5.75 Å². The number of rotatable bonds is 6. The zero-order valence-corrected chi connectivity index (χ0v) is 14.8. The van der Waals surface area contributed by atoms with Crippen LogP contribution in [-0.2, 0) is 18.5 Å². The topological polar surface area (TPSA) is 50.8 Å². The summed E-state index contributed by atoms with van der Waals surface area (Å²) in [5.74, 6) is 1.67. The third-order valence-electron chi connectivity index (χ3n) is 3.35. The molecule has 2 aromatic carbocycles. The normalized spacial score (nSPS) is 11.5. The van der Waals surface area contributed by atoms with E-state index in [1.807, 2.05) is 0 Å². The maximum Gasteiger partial charge on any atom is 0.416 e. The molecule has 136 valence electrons. The van der Waals surface area contributed by atoms with Gasteiger partial charge in [0, 0.05) is 10.8 Å². The van der Waals surface area contributed by atoms with Crippen molar-refractivity contribution in [1.29, 1.82) is 0 Å². The molecule has 26 heavy (non-hydrogen) atoms. The van der Waals surface area contributed by atoms with Gasteiger partial charge in [0.1, 0.15) is 12.4 Å². The van der Waals surface area contributed by atoms with Crippen LogP contribution in [0.4, 0.5) is 13.2 Å². The highest BCUT2D eigenvalue weighted by atomic mass is 35.5. The van der Waals surface area contributed by atoms with Crippen LogP contribution < -0.4 is 4.74 Å². The van der Waals surface area contributed by atoms with E-state index in [1.165, 1.54) is 23.9 Å². The quantitative estimate of drug-likeness (QED) is 0.568. The Bertz CT molecular complexity index is 851. The minimum atomic E-state index is -4.32. The van der Waals surface area contributed by atoms with Crippen LogP contribution in [0.15, 0.2) is 53.7 Å². The second-order valence-corrected chi connectivity index (χ2v) is 6.67. The van der Waals surface area contributed by atoms with Gasteiger partial charge >= 0.3 is 6.18 Å². The number of benzene rings is 2. The summed E-state index contributed by atoms with van der Waals surface area (Å²) in [5.41, 5.74) is 0.0949. The van der Waals surface area contributed by atoms with Crippen LogP contribution in [0.1, 0.15) is 17.0 Å². The van der Waals surface area contributed by atoms with Gasteiger partial charge in [0.2, 0.25) is 5.16 Å². The van der Waals surface area contributed by atoms with Gasteiger partial charge in [-0.15, -0.1) is 5.10 Å². The molecule has 0 saturated carbocycles. The van der Waals surface area contributed by atoms with Gasteiger partial charge in [0.05, 0.1) is 5.56 Å². The molecule has 0 amide bonds. The molecule has 0 aliphatic rings. The Kier molecular flexibility index (Phi) is 5.73. The molecule has 0 unspecified atom stereocenters. The van der Waals surface area contributed by atoms with E-state index in [4.69, 9.17) is 16.3 Å². The number of aromatic amines is 1. The number of alkyl halides is 3. The van der Waals surface area contributed by atoms with Gasteiger partial charge < -0.3 is 4.74 Å². The van der Waals surface area contributed by atoms with Gasteiger partial charge in [0.15, 0.2) is 5.82 Å². The predicted molar refractivity (Wildman–Crippen MR) is 93.2 cm³/mol. The van der Waals surface area contributed by atoms with Gasteiger partial charge in [-0.05, 0) is 42.0 Å². The van der Waals surface area contributed by atoms with Crippen LogP contribution in [-0.4, -0.2) is 15.2 Å². The Morgan fingerprint density at radius 3 is 2.38 bits per heavy atom. The number of thioether (sulfide) groups is 1. The van der Waals surface area contributed by atoms with Crippen molar-refractivity contribution in [2.45, 2.75) is 23.7 Å². The summed E-state index contributed by atoms with van der Waals surface area (Å²) in [6, 6.07) is 12.0. The van der Waals surface area contributed by atoms with Crippen LogP contribution in [0.2, 0.25) is 5.02 Å². The molecule has 0 spiro atoms.